The summed E-state index contributed by atoms with van der Waals surface area (Å²) < 4.78 is 27.3. The largest absolute Gasteiger partial charge is 0.325 e. The highest BCUT2D eigenvalue weighted by Gasteiger charge is 2.38. The van der Waals surface area contributed by atoms with Crippen LogP contribution in [-0.4, -0.2) is 21.4 Å². The molecule has 0 saturated heterocycles. The summed E-state index contributed by atoms with van der Waals surface area (Å²) in [7, 11) is -2.22. The lowest BCUT2D eigenvalue weighted by Gasteiger charge is -2.16. The fraction of sp³-hybridized carbons (Fsp3) is 0.364. The number of amides is 1. The van der Waals surface area contributed by atoms with Gasteiger partial charge in [0.2, 0.25) is 5.91 Å². The van der Waals surface area contributed by atoms with Gasteiger partial charge in [0.25, 0.3) is 10.2 Å². The van der Waals surface area contributed by atoms with Crippen molar-refractivity contribution in [3.63, 3.8) is 0 Å². The minimum Gasteiger partial charge on any atom is -0.325 e. The van der Waals surface area contributed by atoms with Gasteiger partial charge in [0.1, 0.15) is 0 Å². The smallest absolute Gasteiger partial charge is 0.298 e. The first-order valence-electron chi connectivity index (χ1n) is 5.43. The Labute approximate surface area is 106 Å². The van der Waals surface area contributed by atoms with Crippen molar-refractivity contribution in [3.8, 4) is 0 Å². The molecule has 0 fully saturated rings. The Balaban J connectivity index is 2.41. The number of nitrogens with one attached hydrogen (secondary N) is 3. The van der Waals surface area contributed by atoms with Gasteiger partial charge in [0.15, 0.2) is 0 Å². The molecular weight excluding hydrogens is 254 g/mol. The lowest BCUT2D eigenvalue weighted by Crippen LogP contribution is -2.28. The molecule has 7 heteroatoms. The number of fused-ring (bicyclic) bond motifs is 1. The third-order valence-corrected chi connectivity index (χ3v) is 4.07. The molecule has 0 atom stereocenters. The summed E-state index contributed by atoms with van der Waals surface area (Å²) in [6.45, 7) is 3.59. The Morgan fingerprint density at radius 3 is 2.56 bits per heavy atom. The molecule has 1 aliphatic heterocycles. The molecule has 0 unspecified atom stereocenters. The van der Waals surface area contributed by atoms with Gasteiger partial charge in [-0.1, -0.05) is 0 Å². The number of benzene rings is 1. The highest BCUT2D eigenvalue weighted by atomic mass is 32.2. The quantitative estimate of drug-likeness (QED) is 0.758. The van der Waals surface area contributed by atoms with Crippen LogP contribution in [0.15, 0.2) is 18.2 Å². The van der Waals surface area contributed by atoms with Crippen molar-refractivity contribution in [1.82, 2.24) is 4.72 Å². The zero-order valence-electron chi connectivity index (χ0n) is 10.4. The third kappa shape index (κ3) is 2.06. The summed E-state index contributed by atoms with van der Waals surface area (Å²) in [5.74, 6) is -0.0916. The Morgan fingerprint density at radius 1 is 1.28 bits per heavy atom. The molecule has 1 aromatic rings. The van der Waals surface area contributed by atoms with Gasteiger partial charge in [-0.05, 0) is 37.6 Å². The van der Waals surface area contributed by atoms with Crippen LogP contribution in [0.2, 0.25) is 0 Å². The second-order valence-electron chi connectivity index (χ2n) is 4.65. The van der Waals surface area contributed by atoms with Gasteiger partial charge in [-0.3, -0.25) is 9.52 Å². The first-order valence-corrected chi connectivity index (χ1v) is 6.92. The van der Waals surface area contributed by atoms with Crippen LogP contribution in [0.25, 0.3) is 0 Å². The second-order valence-corrected chi connectivity index (χ2v) is 6.27. The average Bonchev–Trinajstić information content (AvgIpc) is 2.51. The zero-order valence-corrected chi connectivity index (χ0v) is 11.2. The topological polar surface area (TPSA) is 87.3 Å². The van der Waals surface area contributed by atoms with Gasteiger partial charge in [-0.2, -0.15) is 8.42 Å². The summed E-state index contributed by atoms with van der Waals surface area (Å²) in [6, 6.07) is 4.97. The van der Waals surface area contributed by atoms with E-state index in [9.17, 15) is 13.2 Å². The molecule has 0 radical (unpaired) electrons. The van der Waals surface area contributed by atoms with Crippen molar-refractivity contribution < 1.29 is 13.2 Å². The monoisotopic (exact) mass is 269 g/mol. The van der Waals surface area contributed by atoms with E-state index in [1.165, 1.54) is 7.05 Å². The molecule has 1 heterocycles. The number of rotatable bonds is 3. The van der Waals surface area contributed by atoms with Crippen molar-refractivity contribution in [2.45, 2.75) is 19.3 Å². The van der Waals surface area contributed by atoms with Gasteiger partial charge < -0.3 is 5.32 Å². The number of hydrogen-bond acceptors (Lipinski definition) is 3. The van der Waals surface area contributed by atoms with E-state index in [4.69, 9.17) is 0 Å². The standard InChI is InChI=1S/C11H15N3O3S/c1-11(2)8-6-7(14-18(16,17)12-3)4-5-9(8)13-10(11)15/h4-6,12,14H,1-3H3,(H,13,15). The van der Waals surface area contributed by atoms with E-state index in [0.717, 1.165) is 11.3 Å². The molecule has 1 amide bonds. The molecule has 98 valence electrons. The lowest BCUT2D eigenvalue weighted by molar-refractivity contribution is -0.119. The van der Waals surface area contributed by atoms with Gasteiger partial charge >= 0.3 is 0 Å². The van der Waals surface area contributed by atoms with Crippen LogP contribution in [0.1, 0.15) is 19.4 Å². The van der Waals surface area contributed by atoms with Gasteiger partial charge in [0, 0.05) is 12.7 Å². The molecular formula is C11H15N3O3S. The molecule has 6 nitrogen and oxygen atoms in total. The number of hydrogen-bond donors (Lipinski definition) is 3. The normalized spacial score (nSPS) is 17.2. The second kappa shape index (κ2) is 3.96. The van der Waals surface area contributed by atoms with E-state index in [0.29, 0.717) is 5.69 Å². The van der Waals surface area contributed by atoms with E-state index in [2.05, 4.69) is 14.8 Å². The van der Waals surface area contributed by atoms with Crippen molar-refractivity contribution in [3.05, 3.63) is 23.8 Å². The van der Waals surface area contributed by atoms with E-state index < -0.39 is 15.6 Å². The summed E-state index contributed by atoms with van der Waals surface area (Å²) in [5.41, 5.74) is 1.27. The van der Waals surface area contributed by atoms with Crippen LogP contribution < -0.4 is 14.8 Å². The van der Waals surface area contributed by atoms with Crippen LogP contribution in [-0.2, 0) is 20.4 Å². The Kier molecular flexibility index (Phi) is 2.83. The maximum atomic E-state index is 11.7. The minimum absolute atomic E-state index is 0.0916. The molecule has 0 aromatic heterocycles. The van der Waals surface area contributed by atoms with E-state index in [1.54, 1.807) is 32.0 Å². The summed E-state index contributed by atoms with van der Waals surface area (Å²) >= 11 is 0. The van der Waals surface area contributed by atoms with Crippen molar-refractivity contribution >= 4 is 27.5 Å². The van der Waals surface area contributed by atoms with Gasteiger partial charge in [-0.25, -0.2) is 4.72 Å². The predicted molar refractivity (Wildman–Crippen MR) is 69.7 cm³/mol. The third-order valence-electron chi connectivity index (χ3n) is 3.03. The first kappa shape index (κ1) is 12.8. The molecule has 18 heavy (non-hydrogen) atoms. The van der Waals surface area contributed by atoms with E-state index >= 15 is 0 Å². The summed E-state index contributed by atoms with van der Waals surface area (Å²) in [5, 5.41) is 2.76. The van der Waals surface area contributed by atoms with Crippen molar-refractivity contribution in [2.75, 3.05) is 17.1 Å². The van der Waals surface area contributed by atoms with Crippen LogP contribution >= 0.6 is 0 Å². The molecule has 1 aromatic carbocycles. The molecule has 0 spiro atoms. The molecule has 2 rings (SSSR count). The van der Waals surface area contributed by atoms with Gasteiger partial charge in [0.05, 0.1) is 11.1 Å². The fourth-order valence-corrected chi connectivity index (χ4v) is 2.38. The van der Waals surface area contributed by atoms with Crippen LogP contribution in [0, 0.1) is 0 Å². The highest BCUT2D eigenvalue weighted by Crippen LogP contribution is 2.38. The van der Waals surface area contributed by atoms with Crippen LogP contribution in [0.5, 0.6) is 0 Å². The molecule has 0 saturated carbocycles. The van der Waals surface area contributed by atoms with Crippen molar-refractivity contribution in [2.24, 2.45) is 0 Å². The molecule has 0 aliphatic carbocycles. The van der Waals surface area contributed by atoms with Crippen molar-refractivity contribution in [1.29, 1.82) is 0 Å². The number of carbonyl (C=O) groups excluding carboxylic acids is 1. The lowest BCUT2D eigenvalue weighted by atomic mass is 9.86. The Morgan fingerprint density at radius 2 is 1.94 bits per heavy atom. The summed E-state index contributed by atoms with van der Waals surface area (Å²) in [6.07, 6.45) is 0. The first-order chi connectivity index (χ1) is 8.26. The molecule has 1 aliphatic rings. The summed E-state index contributed by atoms with van der Waals surface area (Å²) in [4.78, 5) is 11.7. The average molecular weight is 269 g/mol. The maximum absolute atomic E-state index is 11.7. The fourth-order valence-electron chi connectivity index (χ4n) is 1.84. The minimum atomic E-state index is -3.55. The molecule has 0 bridgehead atoms. The van der Waals surface area contributed by atoms with Gasteiger partial charge in [-0.15, -0.1) is 0 Å². The van der Waals surface area contributed by atoms with E-state index in [1.807, 2.05) is 0 Å². The Bertz CT molecular complexity index is 608. The maximum Gasteiger partial charge on any atom is 0.298 e. The molecule has 3 N–H and O–H groups in total. The SMILES string of the molecule is CNS(=O)(=O)Nc1ccc2c(c1)C(C)(C)C(=O)N2. The highest BCUT2D eigenvalue weighted by molar-refractivity contribution is 7.90. The zero-order chi connectivity index (χ0) is 13.6. The van der Waals surface area contributed by atoms with Crippen LogP contribution in [0.3, 0.4) is 0 Å². The van der Waals surface area contributed by atoms with Crippen LogP contribution in [0.4, 0.5) is 11.4 Å². The number of anilines is 2. The Hall–Kier alpha value is -1.60. The van der Waals surface area contributed by atoms with E-state index in [-0.39, 0.29) is 5.91 Å². The predicted octanol–water partition coefficient (Wildman–Crippen LogP) is 0.792. The number of carbonyl (C=O) groups is 1.